The zero-order valence-corrected chi connectivity index (χ0v) is 9.29. The number of ketones is 1. The van der Waals surface area contributed by atoms with Gasteiger partial charge in [0.05, 0.1) is 12.1 Å². The van der Waals surface area contributed by atoms with Crippen molar-refractivity contribution in [2.75, 3.05) is 6.61 Å². The average molecular weight is 201 g/mol. The molecule has 0 saturated carbocycles. The highest BCUT2D eigenvalue weighted by molar-refractivity contribution is 5.88. The van der Waals surface area contributed by atoms with Crippen molar-refractivity contribution >= 4 is 11.7 Å². The highest BCUT2D eigenvalue weighted by atomic mass is 16.5. The third-order valence-corrected chi connectivity index (χ3v) is 1.76. The molecule has 0 heterocycles. The lowest BCUT2D eigenvalue weighted by Gasteiger charge is -2.12. The Morgan fingerprint density at radius 2 is 1.86 bits per heavy atom. The molecule has 4 nitrogen and oxygen atoms in total. The van der Waals surface area contributed by atoms with Crippen molar-refractivity contribution in [3.05, 3.63) is 0 Å². The first-order valence-electron chi connectivity index (χ1n) is 4.91. The largest absolute Gasteiger partial charge is 0.369 e. The summed E-state index contributed by atoms with van der Waals surface area (Å²) in [4.78, 5) is 22.3. The molecule has 1 unspecified atom stereocenters. The summed E-state index contributed by atoms with van der Waals surface area (Å²) >= 11 is 0. The Hall–Kier alpha value is -0.900. The van der Waals surface area contributed by atoms with Crippen LogP contribution in [0.25, 0.3) is 0 Å². The van der Waals surface area contributed by atoms with Crippen molar-refractivity contribution in [3.8, 4) is 0 Å². The van der Waals surface area contributed by atoms with Crippen molar-refractivity contribution in [1.29, 1.82) is 0 Å². The molecule has 0 fully saturated rings. The van der Waals surface area contributed by atoms with Crippen LogP contribution in [-0.2, 0) is 14.3 Å². The number of Topliss-reactive ketones (excluding diaryl/α,β-unsaturated/α-hetero) is 1. The minimum atomic E-state index is -0.414. The Labute approximate surface area is 85.0 Å². The number of ether oxygens (including phenoxy) is 1. The molecule has 1 amide bonds. The van der Waals surface area contributed by atoms with Crippen LogP contribution in [0.1, 0.15) is 34.1 Å². The third-order valence-electron chi connectivity index (χ3n) is 1.76. The maximum absolute atomic E-state index is 11.2. The van der Waals surface area contributed by atoms with E-state index in [0.717, 1.165) is 0 Å². The van der Waals surface area contributed by atoms with Gasteiger partial charge in [0, 0.05) is 6.42 Å². The van der Waals surface area contributed by atoms with E-state index in [9.17, 15) is 9.59 Å². The molecule has 0 bridgehead atoms. The maximum Gasteiger partial charge on any atom is 0.246 e. The Balaban J connectivity index is 3.77. The molecule has 1 N–H and O–H groups in total. The zero-order valence-electron chi connectivity index (χ0n) is 9.29. The lowest BCUT2D eigenvalue weighted by atomic mass is 10.2. The van der Waals surface area contributed by atoms with E-state index in [0.29, 0.717) is 6.42 Å². The van der Waals surface area contributed by atoms with Crippen LogP contribution < -0.4 is 5.32 Å². The van der Waals surface area contributed by atoms with Gasteiger partial charge in [-0.25, -0.2) is 0 Å². The zero-order chi connectivity index (χ0) is 11.1. The van der Waals surface area contributed by atoms with E-state index in [-0.39, 0.29) is 24.4 Å². The maximum atomic E-state index is 11.2. The van der Waals surface area contributed by atoms with Gasteiger partial charge < -0.3 is 10.1 Å². The molecule has 0 rings (SSSR count). The molecule has 14 heavy (non-hydrogen) atoms. The highest BCUT2D eigenvalue weighted by Gasteiger charge is 2.13. The van der Waals surface area contributed by atoms with Crippen LogP contribution in [-0.4, -0.2) is 30.4 Å². The van der Waals surface area contributed by atoms with E-state index in [1.807, 2.05) is 13.8 Å². The van der Waals surface area contributed by atoms with E-state index in [2.05, 4.69) is 5.32 Å². The van der Waals surface area contributed by atoms with Crippen molar-refractivity contribution in [3.63, 3.8) is 0 Å². The lowest BCUT2D eigenvalue weighted by molar-refractivity contribution is -0.131. The second kappa shape index (κ2) is 6.54. The predicted molar refractivity (Wildman–Crippen MR) is 54.0 cm³/mol. The number of hydrogen-bond acceptors (Lipinski definition) is 3. The number of hydrogen-bond donors (Lipinski definition) is 1. The average Bonchev–Trinajstić information content (AvgIpc) is 2.13. The van der Waals surface area contributed by atoms with Gasteiger partial charge in [-0.15, -0.1) is 0 Å². The molecule has 0 spiro atoms. The number of carbonyl (C=O) groups is 2. The van der Waals surface area contributed by atoms with Gasteiger partial charge in [0.1, 0.15) is 6.61 Å². The monoisotopic (exact) mass is 201 g/mol. The highest BCUT2D eigenvalue weighted by Crippen LogP contribution is 1.91. The number of amides is 1. The quantitative estimate of drug-likeness (QED) is 0.694. The summed E-state index contributed by atoms with van der Waals surface area (Å²) in [7, 11) is 0. The van der Waals surface area contributed by atoms with E-state index in [4.69, 9.17) is 4.74 Å². The van der Waals surface area contributed by atoms with Crippen LogP contribution in [0.5, 0.6) is 0 Å². The minimum Gasteiger partial charge on any atom is -0.369 e. The molecule has 0 aliphatic heterocycles. The Morgan fingerprint density at radius 1 is 1.29 bits per heavy atom. The molecule has 1 atom stereocenters. The molecule has 82 valence electrons. The van der Waals surface area contributed by atoms with Gasteiger partial charge in [-0.3, -0.25) is 9.59 Å². The van der Waals surface area contributed by atoms with Crippen molar-refractivity contribution in [2.24, 2.45) is 0 Å². The second-order valence-corrected chi connectivity index (χ2v) is 3.47. The Morgan fingerprint density at radius 3 is 2.29 bits per heavy atom. The predicted octanol–water partition coefficient (Wildman–Crippen LogP) is 0.895. The fourth-order valence-electron chi connectivity index (χ4n) is 0.912. The van der Waals surface area contributed by atoms with E-state index < -0.39 is 6.04 Å². The molecule has 0 aromatic heterocycles. The number of carbonyl (C=O) groups excluding carboxylic acids is 2. The van der Waals surface area contributed by atoms with Gasteiger partial charge in [-0.05, 0) is 20.8 Å². The summed E-state index contributed by atoms with van der Waals surface area (Å²) in [6.45, 7) is 7.18. The second-order valence-electron chi connectivity index (χ2n) is 3.47. The van der Waals surface area contributed by atoms with E-state index in [1.54, 1.807) is 13.8 Å². The third kappa shape index (κ3) is 5.70. The minimum absolute atomic E-state index is 0.0129. The molecule has 0 aromatic carbocycles. The van der Waals surface area contributed by atoms with Gasteiger partial charge in [0.2, 0.25) is 5.91 Å². The fourth-order valence-corrected chi connectivity index (χ4v) is 0.912. The topological polar surface area (TPSA) is 55.4 Å². The molecule has 0 aliphatic rings. The molecule has 0 saturated heterocycles. The van der Waals surface area contributed by atoms with E-state index in [1.165, 1.54) is 0 Å². The van der Waals surface area contributed by atoms with Crippen molar-refractivity contribution in [1.82, 2.24) is 5.32 Å². The van der Waals surface area contributed by atoms with Crippen LogP contribution >= 0.6 is 0 Å². The van der Waals surface area contributed by atoms with Crippen LogP contribution in [0, 0.1) is 0 Å². The summed E-state index contributed by atoms with van der Waals surface area (Å²) in [5, 5.41) is 2.57. The number of nitrogens with one attached hydrogen (secondary N) is 1. The van der Waals surface area contributed by atoms with Crippen molar-refractivity contribution in [2.45, 2.75) is 46.3 Å². The summed E-state index contributed by atoms with van der Waals surface area (Å²) in [6.07, 6.45) is 0.463. The SMILES string of the molecule is CCC(=O)C(C)NC(=O)COC(C)C. The van der Waals surface area contributed by atoms with Crippen molar-refractivity contribution < 1.29 is 14.3 Å². The Kier molecular flexibility index (Phi) is 6.12. The van der Waals surface area contributed by atoms with Gasteiger partial charge in [0.25, 0.3) is 0 Å². The first-order valence-corrected chi connectivity index (χ1v) is 4.91. The fraction of sp³-hybridized carbons (Fsp3) is 0.800. The Bertz CT molecular complexity index is 202. The molecular weight excluding hydrogens is 182 g/mol. The van der Waals surface area contributed by atoms with Gasteiger partial charge in [-0.1, -0.05) is 6.92 Å². The molecule has 4 heteroatoms. The summed E-state index contributed by atoms with van der Waals surface area (Å²) in [5.41, 5.74) is 0. The molecule has 0 radical (unpaired) electrons. The van der Waals surface area contributed by atoms with Crippen LogP contribution in [0.2, 0.25) is 0 Å². The molecular formula is C10H19NO3. The first kappa shape index (κ1) is 13.1. The smallest absolute Gasteiger partial charge is 0.246 e. The standard InChI is InChI=1S/C10H19NO3/c1-5-9(12)8(4)11-10(13)6-14-7(2)3/h7-8H,5-6H2,1-4H3,(H,11,13). The summed E-state index contributed by atoms with van der Waals surface area (Å²) in [5.74, 6) is -0.212. The van der Waals surface area contributed by atoms with Gasteiger partial charge in [0.15, 0.2) is 5.78 Å². The lowest BCUT2D eigenvalue weighted by Crippen LogP contribution is -2.40. The van der Waals surface area contributed by atoms with Gasteiger partial charge >= 0.3 is 0 Å². The van der Waals surface area contributed by atoms with Crippen LogP contribution in [0.4, 0.5) is 0 Å². The van der Waals surface area contributed by atoms with E-state index >= 15 is 0 Å². The molecule has 0 aromatic rings. The summed E-state index contributed by atoms with van der Waals surface area (Å²) in [6, 6.07) is -0.414. The number of rotatable bonds is 6. The molecule has 0 aliphatic carbocycles. The first-order chi connectivity index (χ1) is 6.47. The van der Waals surface area contributed by atoms with Gasteiger partial charge in [-0.2, -0.15) is 0 Å². The van der Waals surface area contributed by atoms with Crippen LogP contribution in [0.3, 0.4) is 0 Å². The summed E-state index contributed by atoms with van der Waals surface area (Å²) < 4.78 is 5.09. The van der Waals surface area contributed by atoms with Crippen LogP contribution in [0.15, 0.2) is 0 Å². The normalized spacial score (nSPS) is 12.6.